The fourth-order valence-corrected chi connectivity index (χ4v) is 3.59. The minimum Gasteiger partial charge on any atom is -0.372 e. The van der Waals surface area contributed by atoms with Crippen LogP contribution in [0.2, 0.25) is 0 Å². The molecule has 4 rings (SSSR count). The van der Waals surface area contributed by atoms with E-state index in [-0.39, 0.29) is 5.91 Å². The molecule has 0 aromatic carbocycles. The Morgan fingerprint density at radius 2 is 2.21 bits per heavy atom. The quantitative estimate of drug-likeness (QED) is 0.745. The van der Waals surface area contributed by atoms with Crippen molar-refractivity contribution in [2.24, 2.45) is 0 Å². The smallest absolute Gasteiger partial charge is 0.261 e. The van der Waals surface area contributed by atoms with E-state index in [1.165, 1.54) is 0 Å². The Morgan fingerprint density at radius 1 is 1.36 bits per heavy atom. The van der Waals surface area contributed by atoms with E-state index in [1.54, 1.807) is 13.2 Å². The van der Waals surface area contributed by atoms with Crippen LogP contribution < -0.4 is 5.32 Å². The molecule has 0 atom stereocenters. The zero-order chi connectivity index (χ0) is 19.7. The number of nitrogens with one attached hydrogen (secondary N) is 1. The lowest BCUT2D eigenvalue weighted by atomic mass is 9.94. The molecule has 4 heterocycles. The maximum Gasteiger partial charge on any atom is 0.261 e. The first kappa shape index (κ1) is 18.1. The van der Waals surface area contributed by atoms with Crippen molar-refractivity contribution in [3.05, 3.63) is 41.3 Å². The molecule has 0 unspecified atom stereocenters. The van der Waals surface area contributed by atoms with Crippen molar-refractivity contribution in [1.29, 1.82) is 0 Å². The summed E-state index contributed by atoms with van der Waals surface area (Å²) in [5, 5.41) is 7.25. The second kappa shape index (κ2) is 7.38. The van der Waals surface area contributed by atoms with Crippen LogP contribution in [-0.2, 0) is 17.8 Å². The first-order chi connectivity index (χ1) is 13.6. The maximum atomic E-state index is 12.1. The molecular weight excluding hydrogens is 356 g/mol. The average Bonchev–Trinajstić information content (AvgIpc) is 3.22. The van der Waals surface area contributed by atoms with Gasteiger partial charge in [0.25, 0.3) is 5.89 Å². The molecule has 0 saturated heterocycles. The summed E-state index contributed by atoms with van der Waals surface area (Å²) >= 11 is 0. The van der Waals surface area contributed by atoms with Gasteiger partial charge >= 0.3 is 0 Å². The number of nitrogens with zero attached hydrogens (tertiary/aromatic N) is 5. The molecule has 0 radical (unpaired) electrons. The number of anilines is 1. The highest BCUT2D eigenvalue weighted by molar-refractivity contribution is 5.77. The molecule has 0 saturated carbocycles. The van der Waals surface area contributed by atoms with Crippen LogP contribution >= 0.6 is 0 Å². The standard InChI is InChI=1S/C20H22N6O2/c1-4-16(27)26-9-7-14-13(11-26)10-23-12(2)17(14)19-24-20(28-25-19)15-6-5-8-22-18(15)21-3/h5-6,8,10H,4,7,9,11H2,1-3H3,(H,21,22). The number of carbonyl (C=O) groups excluding carboxylic acids is 1. The molecule has 28 heavy (non-hydrogen) atoms. The molecule has 0 bridgehead atoms. The SMILES string of the molecule is CCC(=O)N1CCc2c(cnc(C)c2-c2noc(-c3cccnc3NC)n2)C1. The molecule has 144 valence electrons. The molecule has 3 aromatic heterocycles. The minimum atomic E-state index is 0.158. The molecule has 1 aliphatic heterocycles. The summed E-state index contributed by atoms with van der Waals surface area (Å²) in [5.41, 5.74) is 4.67. The van der Waals surface area contributed by atoms with Crippen molar-refractivity contribution in [3.63, 3.8) is 0 Å². The Balaban J connectivity index is 1.73. The van der Waals surface area contributed by atoms with Crippen LogP contribution in [0.1, 0.15) is 30.2 Å². The summed E-state index contributed by atoms with van der Waals surface area (Å²) < 4.78 is 5.54. The monoisotopic (exact) mass is 378 g/mol. The van der Waals surface area contributed by atoms with Gasteiger partial charge in [-0.25, -0.2) is 4.98 Å². The Labute approximate surface area is 163 Å². The van der Waals surface area contributed by atoms with Crippen molar-refractivity contribution in [3.8, 4) is 22.8 Å². The zero-order valence-electron chi connectivity index (χ0n) is 16.2. The van der Waals surface area contributed by atoms with E-state index in [4.69, 9.17) is 4.52 Å². The van der Waals surface area contributed by atoms with Crippen molar-refractivity contribution in [2.75, 3.05) is 18.9 Å². The van der Waals surface area contributed by atoms with E-state index in [2.05, 4.69) is 25.4 Å². The third-order valence-corrected chi connectivity index (χ3v) is 5.04. The summed E-state index contributed by atoms with van der Waals surface area (Å²) in [6.07, 6.45) is 4.81. The topological polar surface area (TPSA) is 97.0 Å². The lowest BCUT2D eigenvalue weighted by Crippen LogP contribution is -2.35. The van der Waals surface area contributed by atoms with E-state index in [9.17, 15) is 4.79 Å². The Bertz CT molecular complexity index is 1030. The van der Waals surface area contributed by atoms with E-state index >= 15 is 0 Å². The number of pyridine rings is 2. The highest BCUT2D eigenvalue weighted by atomic mass is 16.5. The van der Waals surface area contributed by atoms with E-state index in [1.807, 2.05) is 37.1 Å². The summed E-state index contributed by atoms with van der Waals surface area (Å²) in [5.74, 6) is 1.75. The summed E-state index contributed by atoms with van der Waals surface area (Å²) in [6, 6.07) is 3.71. The highest BCUT2D eigenvalue weighted by Gasteiger charge is 2.26. The van der Waals surface area contributed by atoms with Gasteiger partial charge in [-0.05, 0) is 36.6 Å². The van der Waals surface area contributed by atoms with Crippen LogP contribution in [0.15, 0.2) is 29.0 Å². The molecular formula is C20H22N6O2. The number of aromatic nitrogens is 4. The minimum absolute atomic E-state index is 0.158. The van der Waals surface area contributed by atoms with Gasteiger partial charge in [-0.2, -0.15) is 4.98 Å². The van der Waals surface area contributed by atoms with Crippen molar-refractivity contribution in [1.82, 2.24) is 25.0 Å². The number of hydrogen-bond acceptors (Lipinski definition) is 7. The summed E-state index contributed by atoms with van der Waals surface area (Å²) in [6.45, 7) is 5.08. The Hall–Kier alpha value is -3.29. The second-order valence-corrected chi connectivity index (χ2v) is 6.71. The van der Waals surface area contributed by atoms with Crippen molar-refractivity contribution in [2.45, 2.75) is 33.2 Å². The largest absolute Gasteiger partial charge is 0.372 e. The molecule has 0 spiro atoms. The average molecular weight is 378 g/mol. The molecule has 1 amide bonds. The number of aryl methyl sites for hydroxylation is 1. The van der Waals surface area contributed by atoms with Crippen molar-refractivity contribution < 1.29 is 9.32 Å². The van der Waals surface area contributed by atoms with Gasteiger partial charge in [0.1, 0.15) is 5.82 Å². The van der Waals surface area contributed by atoms with Crippen LogP contribution in [0.25, 0.3) is 22.8 Å². The lowest BCUT2D eigenvalue weighted by Gasteiger charge is -2.29. The van der Waals surface area contributed by atoms with Gasteiger partial charge in [0.05, 0.1) is 5.56 Å². The van der Waals surface area contributed by atoms with Crippen LogP contribution in [0.3, 0.4) is 0 Å². The molecule has 0 aliphatic carbocycles. The third-order valence-electron chi connectivity index (χ3n) is 5.04. The second-order valence-electron chi connectivity index (χ2n) is 6.71. The number of rotatable bonds is 4. The first-order valence-electron chi connectivity index (χ1n) is 9.34. The predicted molar refractivity (Wildman–Crippen MR) is 104 cm³/mol. The van der Waals surface area contributed by atoms with Crippen LogP contribution in [0.4, 0.5) is 5.82 Å². The number of hydrogen-bond donors (Lipinski definition) is 1. The molecule has 3 aromatic rings. The summed E-state index contributed by atoms with van der Waals surface area (Å²) in [4.78, 5) is 27.4. The Kier molecular flexibility index (Phi) is 4.77. The fraction of sp³-hybridized carbons (Fsp3) is 0.350. The van der Waals surface area contributed by atoms with Gasteiger partial charge in [0.15, 0.2) is 0 Å². The van der Waals surface area contributed by atoms with Gasteiger partial charge < -0.3 is 14.7 Å². The van der Waals surface area contributed by atoms with Gasteiger partial charge in [-0.15, -0.1) is 0 Å². The molecule has 8 heteroatoms. The fourth-order valence-electron chi connectivity index (χ4n) is 3.59. The van der Waals surface area contributed by atoms with Crippen LogP contribution in [-0.4, -0.2) is 44.5 Å². The van der Waals surface area contributed by atoms with Crippen LogP contribution in [0, 0.1) is 6.92 Å². The van der Waals surface area contributed by atoms with E-state index in [0.717, 1.165) is 34.4 Å². The number of fused-ring (bicyclic) bond motifs is 1. The Morgan fingerprint density at radius 3 is 3.00 bits per heavy atom. The maximum absolute atomic E-state index is 12.1. The lowest BCUT2D eigenvalue weighted by molar-refractivity contribution is -0.131. The third kappa shape index (κ3) is 3.11. The molecule has 1 aliphatic rings. The van der Waals surface area contributed by atoms with E-state index in [0.29, 0.717) is 37.0 Å². The summed E-state index contributed by atoms with van der Waals surface area (Å²) in [7, 11) is 1.80. The van der Waals surface area contributed by atoms with Gasteiger partial charge in [0.2, 0.25) is 11.7 Å². The number of carbonyl (C=O) groups is 1. The first-order valence-corrected chi connectivity index (χ1v) is 9.34. The normalized spacial score (nSPS) is 13.3. The predicted octanol–water partition coefficient (Wildman–Crippen LogP) is 2.84. The van der Waals surface area contributed by atoms with E-state index < -0.39 is 0 Å². The van der Waals surface area contributed by atoms with Gasteiger partial charge in [-0.1, -0.05) is 12.1 Å². The molecule has 0 fully saturated rings. The highest BCUT2D eigenvalue weighted by Crippen LogP contribution is 2.33. The van der Waals surface area contributed by atoms with Crippen molar-refractivity contribution >= 4 is 11.7 Å². The zero-order valence-corrected chi connectivity index (χ0v) is 16.2. The molecule has 8 nitrogen and oxygen atoms in total. The number of amides is 1. The molecule has 1 N–H and O–H groups in total. The van der Waals surface area contributed by atoms with Gasteiger partial charge in [0, 0.05) is 50.2 Å². The van der Waals surface area contributed by atoms with Gasteiger partial charge in [-0.3, -0.25) is 9.78 Å². The van der Waals surface area contributed by atoms with Crippen LogP contribution in [0.5, 0.6) is 0 Å².